The Bertz CT molecular complexity index is 958. The maximum atomic E-state index is 8.42. The molecule has 0 radical (unpaired) electrons. The van der Waals surface area contributed by atoms with Gasteiger partial charge < -0.3 is 14.0 Å². The van der Waals surface area contributed by atoms with Crippen molar-refractivity contribution in [1.29, 1.82) is 0 Å². The number of hydrogen-bond acceptors (Lipinski definition) is 6. The quantitative estimate of drug-likeness (QED) is 0.779. The number of imidazole rings is 1. The number of ether oxygens (including phenoxy) is 2. The van der Waals surface area contributed by atoms with Gasteiger partial charge in [0.15, 0.2) is 11.2 Å². The van der Waals surface area contributed by atoms with E-state index in [9.17, 15) is 0 Å². The summed E-state index contributed by atoms with van der Waals surface area (Å²) < 4.78 is 90.2. The number of morpholine rings is 1. The van der Waals surface area contributed by atoms with E-state index in [4.69, 9.17) is 30.0 Å². The van der Waals surface area contributed by atoms with E-state index in [1.165, 1.54) is 7.11 Å². The van der Waals surface area contributed by atoms with E-state index in [2.05, 4.69) is 19.7 Å². The van der Waals surface area contributed by atoms with Crippen LogP contribution in [0.5, 0.6) is 5.88 Å². The summed E-state index contributed by atoms with van der Waals surface area (Å²) in [7, 11) is 1.24. The third kappa shape index (κ3) is 2.70. The highest BCUT2D eigenvalue weighted by Crippen LogP contribution is 2.23. The van der Waals surface area contributed by atoms with Gasteiger partial charge in [-0.05, 0) is 11.6 Å². The summed E-state index contributed by atoms with van der Waals surface area (Å²) in [4.78, 5) is 11.7. The summed E-state index contributed by atoms with van der Waals surface area (Å²) in [6.07, 6.45) is 0.993. The van der Waals surface area contributed by atoms with Gasteiger partial charge in [0.1, 0.15) is 0 Å². The third-order valence-electron chi connectivity index (χ3n) is 2.40. The molecular weight excluding hydrogens is 282 g/mol. The van der Waals surface area contributed by atoms with Crippen molar-refractivity contribution in [3.63, 3.8) is 0 Å². The van der Waals surface area contributed by atoms with Crippen molar-refractivity contribution in [2.24, 2.45) is 0 Å². The first kappa shape index (κ1) is 6.13. The maximum Gasteiger partial charge on any atom is 0.244 e. The molecule has 7 nitrogen and oxygen atoms in total. The van der Waals surface area contributed by atoms with Crippen LogP contribution in [0.4, 0.5) is 0 Å². The highest BCUT2D eigenvalue weighted by Gasteiger charge is 2.15. The molecule has 8 heteroatoms. The SMILES string of the molecule is [2H]C([2H])(CN1C([2H])([2H])C([2H])([2H])OC([2H])([2H])C1([2H])[2H])n1cnc2nc(Cl)nc(OC)c21. The van der Waals surface area contributed by atoms with Gasteiger partial charge in [-0.3, -0.25) is 4.90 Å². The fraction of sp³-hybridized carbons (Fsp3) is 0.583. The van der Waals surface area contributed by atoms with Gasteiger partial charge in [-0.2, -0.15) is 9.97 Å². The Labute approximate surface area is 135 Å². The molecule has 0 N–H and O–H groups in total. The fourth-order valence-electron chi connectivity index (χ4n) is 1.57. The van der Waals surface area contributed by atoms with E-state index in [-0.39, 0.29) is 27.2 Å². The molecule has 1 aliphatic heterocycles. The van der Waals surface area contributed by atoms with E-state index in [1.807, 2.05) is 0 Å². The fourth-order valence-corrected chi connectivity index (χ4v) is 1.72. The average molecular weight is 308 g/mol. The topological polar surface area (TPSA) is 65.3 Å². The van der Waals surface area contributed by atoms with Crippen LogP contribution in [-0.4, -0.2) is 64.2 Å². The average Bonchev–Trinajstić information content (AvgIpc) is 3.01. The number of methoxy groups -OCH3 is 1. The summed E-state index contributed by atoms with van der Waals surface area (Å²) in [5.41, 5.74) is -0.110. The van der Waals surface area contributed by atoms with Crippen LogP contribution in [0.1, 0.15) is 13.7 Å². The van der Waals surface area contributed by atoms with Gasteiger partial charge in [0.2, 0.25) is 11.2 Å². The molecule has 0 amide bonds. The molecule has 2 aromatic rings. The molecule has 3 rings (SSSR count). The van der Waals surface area contributed by atoms with Crippen LogP contribution in [0.15, 0.2) is 6.33 Å². The molecule has 1 fully saturated rings. The molecule has 108 valence electrons. The van der Waals surface area contributed by atoms with Crippen molar-refractivity contribution in [3.05, 3.63) is 11.6 Å². The van der Waals surface area contributed by atoms with Crippen LogP contribution in [0, 0.1) is 0 Å². The minimum atomic E-state index is -3.29. The lowest BCUT2D eigenvalue weighted by atomic mass is 10.4. The second-order valence-corrected chi connectivity index (χ2v) is 3.90. The summed E-state index contributed by atoms with van der Waals surface area (Å²) in [6, 6.07) is 0. The molecular formula is C12H16ClN5O2. The van der Waals surface area contributed by atoms with Crippen LogP contribution in [0.3, 0.4) is 0 Å². The Morgan fingerprint density at radius 3 is 3.05 bits per heavy atom. The lowest BCUT2D eigenvalue weighted by molar-refractivity contribution is 0.0365. The van der Waals surface area contributed by atoms with E-state index in [0.717, 1.165) is 10.9 Å². The smallest absolute Gasteiger partial charge is 0.244 e. The van der Waals surface area contributed by atoms with Crippen molar-refractivity contribution in [1.82, 2.24) is 24.4 Å². The number of nitrogens with zero attached hydrogens (tertiary/aromatic N) is 5. The van der Waals surface area contributed by atoms with E-state index in [1.54, 1.807) is 0 Å². The van der Waals surface area contributed by atoms with Crippen LogP contribution in [0.25, 0.3) is 11.2 Å². The lowest BCUT2D eigenvalue weighted by Gasteiger charge is -2.26. The molecule has 0 saturated carbocycles. The van der Waals surface area contributed by atoms with Gasteiger partial charge >= 0.3 is 0 Å². The maximum absolute atomic E-state index is 8.42. The molecule has 0 bridgehead atoms. The van der Waals surface area contributed by atoms with Gasteiger partial charge in [0.25, 0.3) is 0 Å². The van der Waals surface area contributed by atoms with Gasteiger partial charge in [0.05, 0.1) is 34.8 Å². The Kier molecular flexibility index (Phi) is 1.81. The van der Waals surface area contributed by atoms with Gasteiger partial charge in [-0.1, -0.05) is 0 Å². The zero-order chi connectivity index (χ0) is 22.9. The Hall–Kier alpha value is -1.44. The lowest BCUT2D eigenvalue weighted by Crippen LogP contribution is -2.38. The van der Waals surface area contributed by atoms with Gasteiger partial charge in [-0.25, -0.2) is 4.98 Å². The highest BCUT2D eigenvalue weighted by molar-refractivity contribution is 6.28. The second-order valence-electron chi connectivity index (χ2n) is 3.56. The van der Waals surface area contributed by atoms with Crippen molar-refractivity contribution in [3.8, 4) is 5.88 Å². The minimum absolute atomic E-state index is 0.0469. The third-order valence-corrected chi connectivity index (χ3v) is 2.57. The highest BCUT2D eigenvalue weighted by atomic mass is 35.5. The first-order valence-electron chi connectivity index (χ1n) is 10.4. The van der Waals surface area contributed by atoms with Gasteiger partial charge in [0, 0.05) is 31.5 Å². The summed E-state index contributed by atoms with van der Waals surface area (Å²) in [5.74, 6) is -0.148. The first-order valence-corrected chi connectivity index (χ1v) is 5.79. The first-order chi connectivity index (χ1) is 13.5. The number of hydrogen-bond donors (Lipinski definition) is 0. The molecule has 1 saturated heterocycles. The molecule has 20 heavy (non-hydrogen) atoms. The number of halogens is 1. The molecule has 0 spiro atoms. The standard InChI is InChI=1S/C12H16ClN5O2/c1-19-11-9-10(15-12(13)16-11)14-8-18(9)3-2-17-4-6-20-7-5-17/h8H,2-7H2,1H3/i3D2,4D2,5D2,6D2,7D2. The number of aromatic nitrogens is 4. The Morgan fingerprint density at radius 1 is 1.50 bits per heavy atom. The molecule has 0 aromatic carbocycles. The zero-order valence-corrected chi connectivity index (χ0v) is 11.0. The predicted molar refractivity (Wildman–Crippen MR) is 74.1 cm³/mol. The second kappa shape index (κ2) is 5.90. The minimum Gasteiger partial charge on any atom is -0.479 e. The van der Waals surface area contributed by atoms with E-state index in [0.29, 0.717) is 0 Å². The van der Waals surface area contributed by atoms with Crippen molar-refractivity contribution in [2.45, 2.75) is 6.50 Å². The monoisotopic (exact) mass is 307 g/mol. The Morgan fingerprint density at radius 2 is 2.30 bits per heavy atom. The number of rotatable bonds is 4. The van der Waals surface area contributed by atoms with Crippen LogP contribution in [-0.2, 0) is 11.2 Å². The predicted octanol–water partition coefficient (Wildman–Crippen LogP) is 0.821. The molecule has 2 aromatic heterocycles. The normalized spacial score (nSPS) is 34.9. The molecule has 0 aliphatic carbocycles. The molecule has 0 atom stereocenters. The van der Waals surface area contributed by atoms with E-state index >= 15 is 0 Å². The van der Waals surface area contributed by atoms with Gasteiger partial charge in [-0.15, -0.1) is 0 Å². The largest absolute Gasteiger partial charge is 0.479 e. The van der Waals surface area contributed by atoms with Crippen molar-refractivity contribution < 1.29 is 23.2 Å². The summed E-state index contributed by atoms with van der Waals surface area (Å²) >= 11 is 5.77. The summed E-state index contributed by atoms with van der Waals surface area (Å²) in [5, 5.41) is -0.215. The van der Waals surface area contributed by atoms with E-state index < -0.39 is 39.2 Å². The number of fused-ring (bicyclic) bond motifs is 1. The van der Waals surface area contributed by atoms with Crippen molar-refractivity contribution in [2.75, 3.05) is 39.8 Å². The van der Waals surface area contributed by atoms with Crippen LogP contribution in [0.2, 0.25) is 5.28 Å². The zero-order valence-electron chi connectivity index (χ0n) is 20.2. The van der Waals surface area contributed by atoms with Crippen LogP contribution < -0.4 is 4.74 Å². The molecule has 1 aliphatic rings. The molecule has 0 unspecified atom stereocenters. The Balaban J connectivity index is 2.13. The molecule has 3 heterocycles. The van der Waals surface area contributed by atoms with Crippen LogP contribution >= 0.6 is 11.6 Å². The van der Waals surface area contributed by atoms with Crippen molar-refractivity contribution >= 4 is 22.8 Å². The summed E-state index contributed by atoms with van der Waals surface area (Å²) in [6.45, 7) is -16.8.